The molecule has 19 heavy (non-hydrogen) atoms. The van der Waals surface area contributed by atoms with Crippen molar-refractivity contribution < 1.29 is 4.79 Å². The third kappa shape index (κ3) is 4.71. The summed E-state index contributed by atoms with van der Waals surface area (Å²) in [7, 11) is 0. The van der Waals surface area contributed by atoms with Crippen molar-refractivity contribution in [2.45, 2.75) is 24.3 Å². The summed E-state index contributed by atoms with van der Waals surface area (Å²) >= 11 is 1.87. The zero-order chi connectivity index (χ0) is 13.0. The maximum absolute atomic E-state index is 11.8. The van der Waals surface area contributed by atoms with E-state index >= 15 is 0 Å². The summed E-state index contributed by atoms with van der Waals surface area (Å²) in [6.07, 6.45) is 1.10. The number of hydrogen-bond acceptors (Lipinski definition) is 3. The van der Waals surface area contributed by atoms with E-state index in [1.165, 1.54) is 4.90 Å². The molecule has 1 aromatic carbocycles. The first-order chi connectivity index (χ1) is 8.66. The fourth-order valence-electron chi connectivity index (χ4n) is 2.19. The van der Waals surface area contributed by atoms with Gasteiger partial charge in [-0.05, 0) is 31.4 Å². The summed E-state index contributed by atoms with van der Waals surface area (Å²) in [5.74, 6) is 1.76. The van der Waals surface area contributed by atoms with Crippen LogP contribution in [0.2, 0.25) is 0 Å². The summed E-state index contributed by atoms with van der Waals surface area (Å²) in [5, 5.41) is 0. The van der Waals surface area contributed by atoms with Crippen molar-refractivity contribution in [1.82, 2.24) is 4.90 Å². The summed E-state index contributed by atoms with van der Waals surface area (Å²) in [6, 6.07) is 10.0. The number of carbonyl (C=O) groups excluding carboxylic acids is 1. The van der Waals surface area contributed by atoms with Gasteiger partial charge in [0.1, 0.15) is 0 Å². The first-order valence-corrected chi connectivity index (χ1v) is 7.37. The Morgan fingerprint density at radius 2 is 2.16 bits per heavy atom. The van der Waals surface area contributed by atoms with Crippen LogP contribution in [0.25, 0.3) is 0 Å². The lowest BCUT2D eigenvalue weighted by Gasteiger charge is -2.18. The van der Waals surface area contributed by atoms with Crippen LogP contribution < -0.4 is 5.73 Å². The van der Waals surface area contributed by atoms with Gasteiger partial charge in [-0.3, -0.25) is 4.79 Å². The number of hydrogen-bond donors (Lipinski definition) is 1. The Kier molecular flexibility index (Phi) is 6.69. The third-order valence-corrected chi connectivity index (χ3v) is 4.46. The van der Waals surface area contributed by atoms with Crippen molar-refractivity contribution in [2.75, 3.05) is 18.8 Å². The highest BCUT2D eigenvalue weighted by atomic mass is 35.5. The average Bonchev–Trinajstić information content (AvgIpc) is 2.85. The molecule has 0 radical (unpaired) electrons. The second-order valence-electron chi connectivity index (χ2n) is 4.85. The first kappa shape index (κ1) is 16.3. The predicted octanol–water partition coefficient (Wildman–Crippen LogP) is 2.40. The van der Waals surface area contributed by atoms with Crippen LogP contribution in [0.4, 0.5) is 0 Å². The Morgan fingerprint density at radius 1 is 1.47 bits per heavy atom. The molecule has 1 heterocycles. The maximum atomic E-state index is 11.8. The quantitative estimate of drug-likeness (QED) is 0.869. The van der Waals surface area contributed by atoms with E-state index in [4.69, 9.17) is 5.73 Å². The van der Waals surface area contributed by atoms with Gasteiger partial charge in [0.2, 0.25) is 5.91 Å². The minimum atomic E-state index is -0.370. The molecule has 0 saturated carbocycles. The molecular weight excluding hydrogens is 280 g/mol. The Bertz CT molecular complexity index is 400. The highest BCUT2D eigenvalue weighted by Gasteiger charge is 2.27. The third-order valence-electron chi connectivity index (χ3n) is 3.22. The normalized spacial score (nSPS) is 19.9. The molecule has 2 N–H and O–H groups in total. The predicted molar refractivity (Wildman–Crippen MR) is 82.8 cm³/mol. The molecule has 1 saturated heterocycles. The van der Waals surface area contributed by atoms with Crippen LogP contribution in [0.1, 0.15) is 13.3 Å². The molecule has 2 rings (SSSR count). The zero-order valence-electron chi connectivity index (χ0n) is 11.1. The molecule has 2 atom stereocenters. The highest BCUT2D eigenvalue weighted by molar-refractivity contribution is 7.99. The SMILES string of the molecule is C[C@H](N)C(=O)N1CCC(CSc2ccccc2)C1.Cl. The summed E-state index contributed by atoms with van der Waals surface area (Å²) in [4.78, 5) is 15.0. The van der Waals surface area contributed by atoms with E-state index in [1.54, 1.807) is 6.92 Å². The van der Waals surface area contributed by atoms with Crippen molar-refractivity contribution in [1.29, 1.82) is 0 Å². The lowest BCUT2D eigenvalue weighted by atomic mass is 10.2. The van der Waals surface area contributed by atoms with E-state index in [2.05, 4.69) is 24.3 Å². The zero-order valence-corrected chi connectivity index (χ0v) is 12.8. The van der Waals surface area contributed by atoms with E-state index in [0.717, 1.165) is 25.3 Å². The molecule has 106 valence electrons. The summed E-state index contributed by atoms with van der Waals surface area (Å²) < 4.78 is 0. The van der Waals surface area contributed by atoms with Crippen LogP contribution in [0.15, 0.2) is 35.2 Å². The van der Waals surface area contributed by atoms with Gasteiger partial charge in [-0.2, -0.15) is 0 Å². The molecule has 0 aliphatic carbocycles. The number of thioether (sulfide) groups is 1. The minimum absolute atomic E-state index is 0. The number of amides is 1. The van der Waals surface area contributed by atoms with E-state index < -0.39 is 0 Å². The van der Waals surface area contributed by atoms with Crippen molar-refractivity contribution in [2.24, 2.45) is 11.7 Å². The van der Waals surface area contributed by atoms with Gasteiger partial charge in [0.05, 0.1) is 6.04 Å². The van der Waals surface area contributed by atoms with Crippen molar-refractivity contribution in [3.05, 3.63) is 30.3 Å². The van der Waals surface area contributed by atoms with Gasteiger partial charge < -0.3 is 10.6 Å². The largest absolute Gasteiger partial charge is 0.341 e. The first-order valence-electron chi connectivity index (χ1n) is 6.39. The van der Waals surface area contributed by atoms with Crippen LogP contribution in [-0.2, 0) is 4.79 Å². The lowest BCUT2D eigenvalue weighted by molar-refractivity contribution is -0.131. The second kappa shape index (κ2) is 7.78. The minimum Gasteiger partial charge on any atom is -0.341 e. The van der Waals surface area contributed by atoms with Crippen molar-refractivity contribution in [3.8, 4) is 0 Å². The van der Waals surface area contributed by atoms with E-state index in [0.29, 0.717) is 5.92 Å². The number of nitrogens with two attached hydrogens (primary N) is 1. The standard InChI is InChI=1S/C14H20N2OS.ClH/c1-11(15)14(17)16-8-7-12(9-16)10-18-13-5-3-2-4-6-13;/h2-6,11-12H,7-10,15H2,1H3;1H/t11-,12?;/m0./s1. The number of likely N-dealkylation sites (tertiary alicyclic amines) is 1. The molecule has 0 spiro atoms. The molecule has 1 aromatic rings. The number of carbonyl (C=O) groups is 1. The smallest absolute Gasteiger partial charge is 0.239 e. The fourth-order valence-corrected chi connectivity index (χ4v) is 3.24. The van der Waals surface area contributed by atoms with Crippen LogP contribution in [0, 0.1) is 5.92 Å². The molecule has 0 aromatic heterocycles. The number of rotatable bonds is 4. The highest BCUT2D eigenvalue weighted by Crippen LogP contribution is 2.25. The molecule has 5 heteroatoms. The topological polar surface area (TPSA) is 46.3 Å². The molecule has 3 nitrogen and oxygen atoms in total. The van der Waals surface area contributed by atoms with Crippen LogP contribution in [-0.4, -0.2) is 35.7 Å². The number of nitrogens with zero attached hydrogens (tertiary/aromatic N) is 1. The van der Waals surface area contributed by atoms with Crippen molar-refractivity contribution >= 4 is 30.1 Å². The second-order valence-corrected chi connectivity index (χ2v) is 5.95. The summed E-state index contributed by atoms with van der Waals surface area (Å²) in [5.41, 5.74) is 5.63. The lowest BCUT2D eigenvalue weighted by Crippen LogP contribution is -2.40. The van der Waals surface area contributed by atoms with Gasteiger partial charge >= 0.3 is 0 Å². The Hall–Kier alpha value is -0.710. The van der Waals surface area contributed by atoms with Crippen molar-refractivity contribution in [3.63, 3.8) is 0 Å². The Labute approximate surface area is 125 Å². The average molecular weight is 301 g/mol. The maximum Gasteiger partial charge on any atom is 0.239 e. The van der Waals surface area contributed by atoms with Gasteiger partial charge in [-0.25, -0.2) is 0 Å². The van der Waals surface area contributed by atoms with Gasteiger partial charge in [0.25, 0.3) is 0 Å². The van der Waals surface area contributed by atoms with Gasteiger partial charge in [-0.15, -0.1) is 24.2 Å². The van der Waals surface area contributed by atoms with E-state index in [-0.39, 0.29) is 24.4 Å². The fraction of sp³-hybridized carbons (Fsp3) is 0.500. The number of halogens is 1. The van der Waals surface area contributed by atoms with Crippen LogP contribution in [0.3, 0.4) is 0 Å². The molecule has 1 aliphatic rings. The summed E-state index contributed by atoms with van der Waals surface area (Å²) in [6.45, 7) is 3.48. The molecular formula is C14H21ClN2OS. The Morgan fingerprint density at radius 3 is 2.79 bits per heavy atom. The monoisotopic (exact) mass is 300 g/mol. The molecule has 0 bridgehead atoms. The van der Waals surface area contributed by atoms with Gasteiger partial charge in [0, 0.05) is 23.7 Å². The molecule has 1 unspecified atom stereocenters. The van der Waals surface area contributed by atoms with Gasteiger partial charge in [-0.1, -0.05) is 18.2 Å². The molecule has 1 amide bonds. The van der Waals surface area contributed by atoms with Crippen LogP contribution >= 0.6 is 24.2 Å². The van der Waals surface area contributed by atoms with Gasteiger partial charge in [0.15, 0.2) is 0 Å². The van der Waals surface area contributed by atoms with E-state index in [1.807, 2.05) is 22.7 Å². The number of benzene rings is 1. The van der Waals surface area contributed by atoms with E-state index in [9.17, 15) is 4.79 Å². The Balaban J connectivity index is 0.00000180. The molecule has 1 fully saturated rings. The van der Waals surface area contributed by atoms with Crippen LogP contribution in [0.5, 0.6) is 0 Å². The molecule has 1 aliphatic heterocycles.